The Morgan fingerprint density at radius 1 is 0.468 bits per heavy atom. The second-order valence-electron chi connectivity index (χ2n) is 21.1. The smallest absolute Gasteiger partial charge is 0.220 e. The molecule has 19 heteroatoms. The molecule has 1 amide bonds. The van der Waals surface area contributed by atoms with Crippen LogP contribution in [0.25, 0.3) is 0 Å². The van der Waals surface area contributed by atoms with Gasteiger partial charge in [0.15, 0.2) is 18.9 Å². The summed E-state index contributed by atoms with van der Waals surface area (Å²) in [5, 5.41) is 119. The molecule has 0 aromatic rings. The highest BCUT2D eigenvalue weighted by Crippen LogP contribution is 2.33. The molecule has 12 N–H and O–H groups in total. The van der Waals surface area contributed by atoms with Crippen molar-refractivity contribution in [2.45, 2.75) is 272 Å². The van der Waals surface area contributed by atoms with Crippen LogP contribution < -0.4 is 5.32 Å². The first-order chi connectivity index (χ1) is 38.3. The molecule has 0 aliphatic carbocycles. The highest BCUT2D eigenvalue weighted by Gasteiger charge is 2.53. The predicted octanol–water partition coefficient (Wildman–Crippen LogP) is 5.04. The van der Waals surface area contributed by atoms with E-state index in [0.29, 0.717) is 19.3 Å². The lowest BCUT2D eigenvalue weighted by molar-refractivity contribution is -0.379. The second-order valence-corrected chi connectivity index (χ2v) is 21.1. The third-order valence-corrected chi connectivity index (χ3v) is 14.5. The quantitative estimate of drug-likeness (QED) is 0.0282. The average molecular weight is 1130 g/mol. The number of aliphatic hydroxyl groups is 11. The largest absolute Gasteiger partial charge is 0.394 e. The van der Waals surface area contributed by atoms with Crippen LogP contribution in [0.15, 0.2) is 72.9 Å². The summed E-state index contributed by atoms with van der Waals surface area (Å²) in [5.41, 5.74) is 0. The van der Waals surface area contributed by atoms with Crippen molar-refractivity contribution in [3.05, 3.63) is 72.9 Å². The number of unbranched alkanes of at least 4 members (excludes halogenated alkanes) is 14. The van der Waals surface area contributed by atoms with E-state index in [1.54, 1.807) is 0 Å². The summed E-state index contributed by atoms with van der Waals surface area (Å²) >= 11 is 0. The van der Waals surface area contributed by atoms with Crippen molar-refractivity contribution in [1.82, 2.24) is 5.32 Å². The van der Waals surface area contributed by atoms with Gasteiger partial charge in [-0.25, -0.2) is 0 Å². The summed E-state index contributed by atoms with van der Waals surface area (Å²) in [5.74, 6) is -0.261. The van der Waals surface area contributed by atoms with Crippen LogP contribution in [0.4, 0.5) is 0 Å². The van der Waals surface area contributed by atoms with Gasteiger partial charge in [-0.2, -0.15) is 0 Å². The van der Waals surface area contributed by atoms with Crippen LogP contribution in [-0.4, -0.2) is 193 Å². The van der Waals surface area contributed by atoms with Crippen LogP contribution >= 0.6 is 0 Å². The van der Waals surface area contributed by atoms with Crippen molar-refractivity contribution in [1.29, 1.82) is 0 Å². The number of carbonyl (C=O) groups is 1. The van der Waals surface area contributed by atoms with E-state index in [9.17, 15) is 61.0 Å². The Morgan fingerprint density at radius 2 is 0.873 bits per heavy atom. The number of amides is 1. The zero-order valence-electron chi connectivity index (χ0n) is 47.3. The first kappa shape index (κ1) is 70.5. The maximum atomic E-state index is 13.1. The first-order valence-corrected chi connectivity index (χ1v) is 29.7. The van der Waals surface area contributed by atoms with Gasteiger partial charge in [-0.05, 0) is 64.2 Å². The van der Waals surface area contributed by atoms with Gasteiger partial charge in [-0.1, -0.05) is 170 Å². The summed E-state index contributed by atoms with van der Waals surface area (Å²) in [6.45, 7) is 1.46. The Kier molecular flexibility index (Phi) is 38.3. The molecule has 0 bridgehead atoms. The lowest BCUT2D eigenvalue weighted by Crippen LogP contribution is -2.66. The van der Waals surface area contributed by atoms with Crippen molar-refractivity contribution in [2.75, 3.05) is 26.4 Å². The van der Waals surface area contributed by atoms with Crippen LogP contribution in [0.3, 0.4) is 0 Å². The molecule has 0 radical (unpaired) electrons. The standard InChI is InChI=1S/C60H103NO18/c1-3-5-7-8-9-10-11-12-13-14-15-16-17-18-19-20-21-22-23-24-25-26-27-28-29-30-31-32-33-34-36-38-48(66)61-43(44(65)37-35-6-4-2)42-74-58-54(72)51(69)56(46(40-63)76-58)79-60-55(73)52(70)57(47(41-64)77-60)78-59-53(71)50(68)49(67)45(39-62)75-59/h5,7,9-10,12-13,15-16,18-19,21-22,43-47,49-60,62-65,67-73H,3-4,6,8,11,14,17,20,23-42H2,1-2H3,(H,61,66)/b7-5-,10-9-,13-12-,16-15-,19-18-,22-21-. The van der Waals surface area contributed by atoms with Gasteiger partial charge in [-0.3, -0.25) is 4.79 Å². The number of aliphatic hydroxyl groups excluding tert-OH is 11. The van der Waals surface area contributed by atoms with Crippen molar-refractivity contribution in [2.24, 2.45) is 0 Å². The van der Waals surface area contributed by atoms with Crippen LogP contribution in [-0.2, 0) is 33.2 Å². The Balaban J connectivity index is 1.30. The molecule has 3 heterocycles. The molecule has 19 nitrogen and oxygen atoms in total. The van der Waals surface area contributed by atoms with Crippen LogP contribution in [0.5, 0.6) is 0 Å². The summed E-state index contributed by atoms with van der Waals surface area (Å²) in [7, 11) is 0. The van der Waals surface area contributed by atoms with E-state index in [1.807, 2.05) is 6.92 Å². The zero-order chi connectivity index (χ0) is 57.6. The molecule has 79 heavy (non-hydrogen) atoms. The topological polar surface area (TPSA) is 307 Å². The molecule has 17 atom stereocenters. The van der Waals surface area contributed by atoms with E-state index < -0.39 is 124 Å². The normalized spacial score (nSPS) is 30.8. The highest BCUT2D eigenvalue weighted by atomic mass is 16.8. The Hall–Kier alpha value is -2.77. The molecule has 3 fully saturated rings. The predicted molar refractivity (Wildman–Crippen MR) is 300 cm³/mol. The van der Waals surface area contributed by atoms with Gasteiger partial charge >= 0.3 is 0 Å². The average Bonchev–Trinajstić information content (AvgIpc) is 3.55. The van der Waals surface area contributed by atoms with Crippen LogP contribution in [0, 0.1) is 0 Å². The molecular weight excluding hydrogens is 1020 g/mol. The zero-order valence-corrected chi connectivity index (χ0v) is 47.3. The molecule has 456 valence electrons. The number of nitrogens with one attached hydrogen (secondary N) is 1. The number of carbonyl (C=O) groups excluding carboxylic acids is 1. The Labute approximate surface area is 470 Å². The lowest BCUT2D eigenvalue weighted by atomic mass is 9.96. The van der Waals surface area contributed by atoms with Crippen molar-refractivity contribution < 1.29 is 89.4 Å². The van der Waals surface area contributed by atoms with E-state index in [0.717, 1.165) is 77.0 Å². The van der Waals surface area contributed by atoms with E-state index in [1.165, 1.54) is 51.4 Å². The molecule has 3 rings (SSSR count). The van der Waals surface area contributed by atoms with E-state index >= 15 is 0 Å². The minimum Gasteiger partial charge on any atom is -0.394 e. The summed E-state index contributed by atoms with van der Waals surface area (Å²) in [4.78, 5) is 13.1. The number of allylic oxidation sites excluding steroid dienone is 12. The monoisotopic (exact) mass is 1130 g/mol. The lowest BCUT2D eigenvalue weighted by Gasteiger charge is -2.48. The molecule has 0 saturated carbocycles. The van der Waals surface area contributed by atoms with E-state index in [2.05, 4.69) is 85.2 Å². The van der Waals surface area contributed by atoms with E-state index in [-0.39, 0.29) is 18.9 Å². The molecule has 3 saturated heterocycles. The van der Waals surface area contributed by atoms with Gasteiger partial charge in [0.25, 0.3) is 0 Å². The molecular formula is C60H103NO18. The van der Waals surface area contributed by atoms with Gasteiger partial charge in [-0.15, -0.1) is 0 Å². The maximum Gasteiger partial charge on any atom is 0.220 e. The summed E-state index contributed by atoms with van der Waals surface area (Å²) in [6.07, 6.45) is 24.2. The van der Waals surface area contributed by atoms with Gasteiger partial charge in [0, 0.05) is 6.42 Å². The SMILES string of the molecule is CC/C=C\C/C=C\C/C=C\C/C=C\C/C=C\C/C=C\CCCCCCCCCCCCCCC(=O)NC(COC1OC(CO)C(OC2OC(CO)C(OC3OC(CO)C(O)C(O)C3O)C(O)C2O)C(O)C1O)C(O)CCCCC. The van der Waals surface area contributed by atoms with E-state index in [4.69, 9.17) is 28.4 Å². The van der Waals surface area contributed by atoms with Gasteiger partial charge < -0.3 is 89.9 Å². The van der Waals surface area contributed by atoms with Gasteiger partial charge in [0.05, 0.1) is 38.6 Å². The van der Waals surface area contributed by atoms with Crippen molar-refractivity contribution in [3.8, 4) is 0 Å². The molecule has 3 aliphatic rings. The summed E-state index contributed by atoms with van der Waals surface area (Å²) < 4.78 is 34.0. The molecule has 0 aromatic heterocycles. The minimum absolute atomic E-state index is 0.257. The number of rotatable bonds is 42. The van der Waals surface area contributed by atoms with Gasteiger partial charge in [0.1, 0.15) is 73.2 Å². The van der Waals surface area contributed by atoms with Crippen molar-refractivity contribution >= 4 is 5.91 Å². The fourth-order valence-electron chi connectivity index (χ4n) is 9.67. The Morgan fingerprint density at radius 3 is 1.34 bits per heavy atom. The third kappa shape index (κ3) is 27.0. The fourth-order valence-corrected chi connectivity index (χ4v) is 9.67. The van der Waals surface area contributed by atoms with Gasteiger partial charge in [0.2, 0.25) is 5.91 Å². The molecule has 0 aromatic carbocycles. The summed E-state index contributed by atoms with van der Waals surface area (Å²) in [6, 6.07) is -0.887. The second kappa shape index (κ2) is 43.0. The molecule has 17 unspecified atom stereocenters. The van der Waals surface area contributed by atoms with Crippen LogP contribution in [0.1, 0.15) is 168 Å². The van der Waals surface area contributed by atoms with Crippen molar-refractivity contribution in [3.63, 3.8) is 0 Å². The minimum atomic E-state index is -1.97. The Bertz CT molecular complexity index is 1730. The number of ether oxygens (including phenoxy) is 6. The maximum absolute atomic E-state index is 13.1. The molecule has 3 aliphatic heterocycles. The fraction of sp³-hybridized carbons (Fsp3) is 0.783. The van der Waals surface area contributed by atoms with Crippen LogP contribution in [0.2, 0.25) is 0 Å². The first-order valence-electron chi connectivity index (χ1n) is 29.7. The number of hydrogen-bond acceptors (Lipinski definition) is 18. The third-order valence-electron chi connectivity index (χ3n) is 14.5. The number of hydrogen-bond donors (Lipinski definition) is 12. The highest BCUT2D eigenvalue weighted by molar-refractivity contribution is 5.76. The molecule has 0 spiro atoms.